The number of benzene rings is 1. The van der Waals surface area contributed by atoms with Crippen LogP contribution < -0.4 is 5.32 Å². The van der Waals surface area contributed by atoms with Gasteiger partial charge < -0.3 is 24.4 Å². The van der Waals surface area contributed by atoms with Crippen molar-refractivity contribution in [2.24, 2.45) is 11.3 Å². The first-order valence-electron chi connectivity index (χ1n) is 11.1. The topological polar surface area (TPSA) is 94.2 Å². The van der Waals surface area contributed by atoms with Crippen molar-refractivity contribution in [3.8, 4) is 0 Å². The van der Waals surface area contributed by atoms with Crippen LogP contribution in [0, 0.1) is 11.3 Å². The van der Waals surface area contributed by atoms with E-state index in [0.717, 1.165) is 31.2 Å². The highest BCUT2D eigenvalue weighted by Crippen LogP contribution is 2.53. The van der Waals surface area contributed by atoms with Gasteiger partial charge in [0.25, 0.3) is 0 Å². The number of nitrogens with zero attached hydrogens (tertiary/aromatic N) is 1. The van der Waals surface area contributed by atoms with E-state index in [-0.39, 0.29) is 24.0 Å². The molecule has 1 atom stereocenters. The fraction of sp³-hybridized carbons (Fsp3) is 0.625. The molecular formula is C24H34N2O6. The normalized spacial score (nSPS) is 18.9. The van der Waals surface area contributed by atoms with E-state index in [0.29, 0.717) is 13.1 Å². The minimum atomic E-state index is -0.738. The van der Waals surface area contributed by atoms with Gasteiger partial charge in [-0.05, 0) is 63.4 Å². The second kappa shape index (κ2) is 9.79. The molecule has 0 aromatic heterocycles. The average Bonchev–Trinajstić information content (AvgIpc) is 2.73. The van der Waals surface area contributed by atoms with E-state index in [9.17, 15) is 14.4 Å². The van der Waals surface area contributed by atoms with E-state index in [1.807, 2.05) is 51.1 Å². The summed E-state index contributed by atoms with van der Waals surface area (Å²) in [6.07, 6.45) is 2.40. The van der Waals surface area contributed by atoms with Crippen molar-refractivity contribution in [2.45, 2.75) is 64.7 Å². The Morgan fingerprint density at radius 1 is 1.12 bits per heavy atom. The van der Waals surface area contributed by atoms with Gasteiger partial charge in [-0.25, -0.2) is 14.4 Å². The molecule has 1 N–H and O–H groups in total. The Balaban J connectivity index is 1.49. The Morgan fingerprint density at radius 2 is 1.75 bits per heavy atom. The minimum absolute atomic E-state index is 0.0141. The van der Waals surface area contributed by atoms with Crippen molar-refractivity contribution in [3.05, 3.63) is 35.9 Å². The summed E-state index contributed by atoms with van der Waals surface area (Å²) in [7, 11) is 1.32. The Labute approximate surface area is 189 Å². The van der Waals surface area contributed by atoms with Gasteiger partial charge in [-0.3, -0.25) is 0 Å². The molecule has 1 aromatic carbocycles. The van der Waals surface area contributed by atoms with E-state index in [1.165, 1.54) is 7.11 Å². The van der Waals surface area contributed by atoms with Gasteiger partial charge in [-0.15, -0.1) is 0 Å². The molecule has 176 valence electrons. The quantitative estimate of drug-likeness (QED) is 0.545. The first-order chi connectivity index (χ1) is 15.1. The van der Waals surface area contributed by atoms with E-state index in [4.69, 9.17) is 14.2 Å². The van der Waals surface area contributed by atoms with Gasteiger partial charge in [0.2, 0.25) is 0 Å². The van der Waals surface area contributed by atoms with Crippen LogP contribution in [0.5, 0.6) is 0 Å². The van der Waals surface area contributed by atoms with Crippen LogP contribution in [0.1, 0.15) is 52.0 Å². The first kappa shape index (κ1) is 23.9. The van der Waals surface area contributed by atoms with Gasteiger partial charge in [-0.1, -0.05) is 30.3 Å². The van der Waals surface area contributed by atoms with Gasteiger partial charge in [0, 0.05) is 13.1 Å². The number of carbonyl (C=O) groups is 3. The highest BCUT2D eigenvalue weighted by atomic mass is 16.6. The molecule has 2 amide bonds. The lowest BCUT2D eigenvalue weighted by Gasteiger charge is -2.53. The van der Waals surface area contributed by atoms with Crippen LogP contribution in [-0.4, -0.2) is 54.9 Å². The number of methoxy groups -OCH3 is 1. The number of alkyl carbamates (subject to hydrolysis) is 1. The molecular weight excluding hydrogens is 412 g/mol. The van der Waals surface area contributed by atoms with Gasteiger partial charge in [-0.2, -0.15) is 0 Å². The number of ether oxygens (including phenoxy) is 3. The molecule has 1 saturated heterocycles. The number of likely N-dealkylation sites (tertiary alicyclic amines) is 1. The summed E-state index contributed by atoms with van der Waals surface area (Å²) < 4.78 is 15.7. The van der Waals surface area contributed by atoms with Gasteiger partial charge >= 0.3 is 18.2 Å². The van der Waals surface area contributed by atoms with Crippen molar-refractivity contribution in [3.63, 3.8) is 0 Å². The van der Waals surface area contributed by atoms with Crippen LogP contribution in [-0.2, 0) is 25.6 Å². The average molecular weight is 447 g/mol. The summed E-state index contributed by atoms with van der Waals surface area (Å²) in [5.74, 6) is -0.479. The predicted octanol–water partition coefficient (Wildman–Crippen LogP) is 3.88. The number of hydrogen-bond acceptors (Lipinski definition) is 6. The summed E-state index contributed by atoms with van der Waals surface area (Å²) in [4.78, 5) is 38.7. The van der Waals surface area contributed by atoms with E-state index in [1.54, 1.807) is 4.90 Å². The van der Waals surface area contributed by atoms with Crippen LogP contribution in [0.15, 0.2) is 30.3 Å². The molecule has 8 nitrogen and oxygen atoms in total. The fourth-order valence-electron chi connectivity index (χ4n) is 4.57. The first-order valence-corrected chi connectivity index (χ1v) is 11.1. The lowest BCUT2D eigenvalue weighted by atomic mass is 9.55. The summed E-state index contributed by atoms with van der Waals surface area (Å²) in [6.45, 7) is 6.98. The van der Waals surface area contributed by atoms with Crippen LogP contribution in [0.3, 0.4) is 0 Å². The SMILES string of the molecule is COC(=O)C(NC(=O)OCc1ccccc1)C1CC2(CCN(C(=O)OC(C)(C)C)CC2)C1. The van der Waals surface area contributed by atoms with Crippen molar-refractivity contribution >= 4 is 18.2 Å². The van der Waals surface area contributed by atoms with Crippen molar-refractivity contribution in [1.29, 1.82) is 0 Å². The molecule has 3 rings (SSSR count). The summed E-state index contributed by atoms with van der Waals surface area (Å²) in [5.41, 5.74) is 0.449. The Kier molecular flexibility index (Phi) is 7.31. The van der Waals surface area contributed by atoms with Crippen molar-refractivity contribution < 1.29 is 28.6 Å². The Morgan fingerprint density at radius 3 is 2.31 bits per heavy atom. The fourth-order valence-corrected chi connectivity index (χ4v) is 4.57. The molecule has 1 aromatic rings. The highest BCUT2D eigenvalue weighted by Gasteiger charge is 2.51. The second-order valence-corrected chi connectivity index (χ2v) is 9.84. The van der Waals surface area contributed by atoms with Crippen molar-refractivity contribution in [2.75, 3.05) is 20.2 Å². The zero-order chi connectivity index (χ0) is 23.4. The van der Waals surface area contributed by atoms with E-state index >= 15 is 0 Å². The molecule has 0 bridgehead atoms. The molecule has 1 heterocycles. The number of carbonyl (C=O) groups excluding carboxylic acids is 3. The third kappa shape index (κ3) is 6.14. The monoisotopic (exact) mass is 446 g/mol. The van der Waals surface area contributed by atoms with Crippen LogP contribution in [0.4, 0.5) is 9.59 Å². The lowest BCUT2D eigenvalue weighted by molar-refractivity contribution is -0.148. The number of amides is 2. The Hall–Kier alpha value is -2.77. The van der Waals surface area contributed by atoms with Gasteiger partial charge in [0.05, 0.1) is 7.11 Å². The van der Waals surface area contributed by atoms with E-state index < -0.39 is 23.7 Å². The highest BCUT2D eigenvalue weighted by molar-refractivity contribution is 5.81. The zero-order valence-corrected chi connectivity index (χ0v) is 19.4. The van der Waals surface area contributed by atoms with Crippen LogP contribution >= 0.6 is 0 Å². The maximum Gasteiger partial charge on any atom is 0.410 e. The molecule has 1 unspecified atom stereocenters. The maximum absolute atomic E-state index is 12.3. The minimum Gasteiger partial charge on any atom is -0.467 e. The van der Waals surface area contributed by atoms with Crippen LogP contribution in [0.2, 0.25) is 0 Å². The third-order valence-corrected chi connectivity index (χ3v) is 6.28. The summed E-state index contributed by atoms with van der Waals surface area (Å²) in [5, 5.41) is 2.69. The standard InChI is InChI=1S/C24H34N2O6/c1-23(2,3)32-22(29)26-12-10-24(11-13-26)14-18(15-24)19(20(27)30-4)25-21(28)31-16-17-8-6-5-7-9-17/h5-9,18-19H,10-16H2,1-4H3,(H,25,28). The summed E-state index contributed by atoms with van der Waals surface area (Å²) in [6, 6.07) is 8.62. The van der Waals surface area contributed by atoms with Crippen molar-refractivity contribution in [1.82, 2.24) is 10.2 Å². The molecule has 2 aliphatic rings. The number of rotatable bonds is 5. The molecule has 32 heavy (non-hydrogen) atoms. The Bertz CT molecular complexity index is 804. The number of hydrogen-bond donors (Lipinski definition) is 1. The molecule has 1 aliphatic heterocycles. The molecule has 1 saturated carbocycles. The smallest absolute Gasteiger partial charge is 0.410 e. The molecule has 0 radical (unpaired) electrons. The molecule has 2 fully saturated rings. The van der Waals surface area contributed by atoms with Crippen LogP contribution in [0.25, 0.3) is 0 Å². The largest absolute Gasteiger partial charge is 0.467 e. The lowest BCUT2D eigenvalue weighted by Crippen LogP contribution is -2.56. The number of esters is 1. The van der Waals surface area contributed by atoms with Gasteiger partial charge in [0.1, 0.15) is 18.2 Å². The summed E-state index contributed by atoms with van der Waals surface area (Å²) >= 11 is 0. The zero-order valence-electron chi connectivity index (χ0n) is 19.4. The molecule has 8 heteroatoms. The maximum atomic E-state index is 12.3. The number of piperidine rings is 1. The third-order valence-electron chi connectivity index (χ3n) is 6.28. The second-order valence-electron chi connectivity index (χ2n) is 9.84. The predicted molar refractivity (Wildman–Crippen MR) is 118 cm³/mol. The van der Waals surface area contributed by atoms with Gasteiger partial charge in [0.15, 0.2) is 0 Å². The number of nitrogens with one attached hydrogen (secondary N) is 1. The molecule has 1 aliphatic carbocycles. The molecule has 1 spiro atoms. The van der Waals surface area contributed by atoms with E-state index in [2.05, 4.69) is 5.32 Å².